The van der Waals surface area contributed by atoms with Gasteiger partial charge in [-0.15, -0.1) is 0 Å². The molecule has 29 heavy (non-hydrogen) atoms. The van der Waals surface area contributed by atoms with E-state index in [0.717, 1.165) is 14.6 Å². The predicted octanol–water partition coefficient (Wildman–Crippen LogP) is 2.67. The van der Waals surface area contributed by atoms with Crippen molar-refractivity contribution >= 4 is 49.6 Å². The quantitative estimate of drug-likeness (QED) is 0.544. The molecule has 1 atom stereocenters. The molecular formula is C18H22BrN7O2S. The summed E-state index contributed by atoms with van der Waals surface area (Å²) in [6, 6.07) is 7.02. The maximum absolute atomic E-state index is 13.2. The van der Waals surface area contributed by atoms with Gasteiger partial charge in [-0.3, -0.25) is 9.35 Å². The van der Waals surface area contributed by atoms with Crippen LogP contribution in [0.2, 0.25) is 0 Å². The van der Waals surface area contributed by atoms with E-state index in [9.17, 15) is 9.59 Å². The number of benzene rings is 1. The molecular weight excluding hydrogens is 458 g/mol. The lowest BCUT2D eigenvalue weighted by Gasteiger charge is -2.14. The lowest BCUT2D eigenvalue weighted by atomic mass is 10.2. The van der Waals surface area contributed by atoms with Crippen LogP contribution in [0.4, 0.5) is 10.6 Å². The number of imidazole rings is 1. The molecule has 0 saturated carbocycles. The summed E-state index contributed by atoms with van der Waals surface area (Å²) < 4.78 is 11.5. The van der Waals surface area contributed by atoms with Crippen LogP contribution in [0, 0.1) is 4.78 Å². The van der Waals surface area contributed by atoms with Crippen molar-refractivity contribution < 1.29 is 4.79 Å². The topological polar surface area (TPSA) is 123 Å². The number of hydrogen-bond acceptors (Lipinski definition) is 6. The first-order valence-electron chi connectivity index (χ1n) is 8.99. The average Bonchev–Trinajstić information content (AvgIpc) is 2.99. The number of nitrogens with one attached hydrogen (secondary N) is 1. The van der Waals surface area contributed by atoms with Crippen LogP contribution in [0.3, 0.4) is 0 Å². The molecule has 0 spiro atoms. The Morgan fingerprint density at radius 1 is 1.28 bits per heavy atom. The highest BCUT2D eigenvalue weighted by molar-refractivity contribution is 9.10. The lowest BCUT2D eigenvalue weighted by Crippen LogP contribution is -2.38. The lowest BCUT2D eigenvalue weighted by molar-refractivity contribution is 0.212. The van der Waals surface area contributed by atoms with Crippen molar-refractivity contribution in [2.45, 2.75) is 25.5 Å². The van der Waals surface area contributed by atoms with Gasteiger partial charge < -0.3 is 10.6 Å². The molecule has 2 heterocycles. The second-order valence-corrected chi connectivity index (χ2v) is 9.01. The smallest absolute Gasteiger partial charge is 0.339 e. The third-order valence-electron chi connectivity index (χ3n) is 4.53. The zero-order valence-electron chi connectivity index (χ0n) is 16.3. The van der Waals surface area contributed by atoms with E-state index in [1.54, 1.807) is 7.05 Å². The van der Waals surface area contributed by atoms with E-state index >= 15 is 0 Å². The Hall–Kier alpha value is -2.53. The summed E-state index contributed by atoms with van der Waals surface area (Å²) in [5.41, 5.74) is 6.91. The van der Waals surface area contributed by atoms with Gasteiger partial charge in [-0.2, -0.15) is 0 Å². The largest absolute Gasteiger partial charge is 0.382 e. The molecule has 3 rings (SSSR count). The molecule has 11 heteroatoms. The number of nitrogens with zero attached hydrogens (tertiary/aromatic N) is 5. The zero-order chi connectivity index (χ0) is 21.3. The summed E-state index contributed by atoms with van der Waals surface area (Å²) in [4.78, 5) is 36.2. The molecule has 1 unspecified atom stereocenters. The van der Waals surface area contributed by atoms with E-state index in [0.29, 0.717) is 12.3 Å². The number of rotatable bonds is 5. The van der Waals surface area contributed by atoms with Gasteiger partial charge in [0, 0.05) is 23.8 Å². The zero-order valence-corrected chi connectivity index (χ0v) is 18.7. The summed E-state index contributed by atoms with van der Waals surface area (Å²) in [6.07, 6.45) is 0. The molecule has 154 valence electrons. The van der Waals surface area contributed by atoms with E-state index in [1.165, 1.54) is 9.47 Å². The van der Waals surface area contributed by atoms with Gasteiger partial charge in [0.2, 0.25) is 5.16 Å². The minimum absolute atomic E-state index is 0.0210. The minimum atomic E-state index is -0.961. The molecule has 2 aromatic heterocycles. The van der Waals surface area contributed by atoms with Gasteiger partial charge in [-0.1, -0.05) is 35.0 Å². The first kappa shape index (κ1) is 21.2. The van der Waals surface area contributed by atoms with Crippen molar-refractivity contribution in [2.75, 3.05) is 25.1 Å². The first-order valence-corrected chi connectivity index (χ1v) is 11.2. The third kappa shape index (κ3) is 3.97. The molecule has 0 aliphatic rings. The van der Waals surface area contributed by atoms with Crippen LogP contribution in [0.1, 0.15) is 19.4 Å². The van der Waals surface area contributed by atoms with Crippen LogP contribution < -0.4 is 11.4 Å². The van der Waals surface area contributed by atoms with Crippen LogP contribution in [-0.2, 0) is 17.2 Å². The molecule has 9 nitrogen and oxygen atoms in total. The molecule has 1 aromatic carbocycles. The van der Waals surface area contributed by atoms with Gasteiger partial charge >= 0.3 is 11.7 Å². The summed E-state index contributed by atoms with van der Waals surface area (Å²) in [5, 5.41) is 0.260. The number of halogens is 1. The minimum Gasteiger partial charge on any atom is -0.382 e. The number of carbonyl (C=O) groups excluding carboxylic acids is 1. The van der Waals surface area contributed by atoms with Crippen molar-refractivity contribution in [3.05, 3.63) is 44.8 Å². The summed E-state index contributed by atoms with van der Waals surface area (Å²) >= 11 is 3.40. The number of amides is 1. The van der Waals surface area contributed by atoms with Gasteiger partial charge in [0.1, 0.15) is 5.52 Å². The highest BCUT2D eigenvalue weighted by atomic mass is 79.9. The number of anilines is 1. The molecule has 0 radical (unpaired) electrons. The van der Waals surface area contributed by atoms with Crippen LogP contribution in [-0.4, -0.2) is 49.4 Å². The van der Waals surface area contributed by atoms with Crippen LogP contribution >= 0.6 is 15.9 Å². The Morgan fingerprint density at radius 3 is 2.52 bits per heavy atom. The molecule has 1 amide bonds. The van der Waals surface area contributed by atoms with Gasteiger partial charge in [-0.05, 0) is 35.3 Å². The normalized spacial score (nSPS) is 12.3. The fourth-order valence-corrected chi connectivity index (χ4v) is 3.71. The summed E-state index contributed by atoms with van der Waals surface area (Å²) in [6.45, 7) is 4.32. The van der Waals surface area contributed by atoms with Gasteiger partial charge in [0.15, 0.2) is 11.5 Å². The molecule has 3 N–H and O–H groups in total. The van der Waals surface area contributed by atoms with Crippen molar-refractivity contribution in [1.29, 1.82) is 4.78 Å². The van der Waals surface area contributed by atoms with Gasteiger partial charge in [0.05, 0.1) is 6.54 Å². The SMILES string of the molecule is CCN(C)C(=O)n1c(=O)n(Cc2ccc(Br)cc2)c2nc(S(=N)CC)nc(N)c21. The van der Waals surface area contributed by atoms with Crippen LogP contribution in [0.15, 0.2) is 38.7 Å². The number of nitrogens with two attached hydrogens (primary N) is 1. The molecule has 0 aliphatic heterocycles. The maximum Gasteiger partial charge on any atom is 0.339 e. The maximum atomic E-state index is 13.2. The predicted molar refractivity (Wildman–Crippen MR) is 117 cm³/mol. The molecule has 0 bridgehead atoms. The highest BCUT2D eigenvalue weighted by Crippen LogP contribution is 2.21. The average molecular weight is 480 g/mol. The third-order valence-corrected chi connectivity index (χ3v) is 6.26. The van der Waals surface area contributed by atoms with Crippen molar-refractivity contribution in [3.63, 3.8) is 0 Å². The summed E-state index contributed by atoms with van der Waals surface area (Å²) in [7, 11) is 0.646. The fourth-order valence-electron chi connectivity index (χ4n) is 2.79. The number of carbonyl (C=O) groups is 1. The molecule has 0 fully saturated rings. The first-order chi connectivity index (χ1) is 13.8. The van der Waals surface area contributed by atoms with E-state index < -0.39 is 22.4 Å². The Balaban J connectivity index is 2.30. The van der Waals surface area contributed by atoms with E-state index in [4.69, 9.17) is 10.5 Å². The Labute approximate surface area is 178 Å². The Bertz CT molecular complexity index is 1150. The van der Waals surface area contributed by atoms with Crippen LogP contribution in [0.5, 0.6) is 0 Å². The Kier molecular flexibility index (Phi) is 6.18. The summed E-state index contributed by atoms with van der Waals surface area (Å²) in [5.74, 6) is 0.549. The van der Waals surface area contributed by atoms with Crippen LogP contribution in [0.25, 0.3) is 11.2 Å². The fraction of sp³-hybridized carbons (Fsp3) is 0.333. The molecule has 0 saturated heterocycles. The number of nitrogen functional groups attached to an aromatic ring is 1. The van der Waals surface area contributed by atoms with Gasteiger partial charge in [-0.25, -0.2) is 24.1 Å². The number of hydrogen-bond donors (Lipinski definition) is 2. The van der Waals surface area contributed by atoms with Gasteiger partial charge in [0.25, 0.3) is 0 Å². The van der Waals surface area contributed by atoms with Crippen molar-refractivity contribution in [3.8, 4) is 0 Å². The standard InChI is InChI=1S/C18H22BrN7O2S/c1-4-24(3)17(27)26-13-14(20)22-16(29(21)5-2)23-15(13)25(18(26)28)10-11-6-8-12(19)9-7-11/h6-9,21H,4-5,10H2,1-3H3,(H2,20,22,23). The van der Waals surface area contributed by atoms with E-state index in [2.05, 4.69) is 25.9 Å². The molecule has 0 aliphatic carbocycles. The monoisotopic (exact) mass is 479 g/mol. The van der Waals surface area contributed by atoms with Crippen molar-refractivity contribution in [2.24, 2.45) is 0 Å². The molecule has 3 aromatic rings. The Morgan fingerprint density at radius 2 is 1.93 bits per heavy atom. The number of fused-ring (bicyclic) bond motifs is 1. The second kappa shape index (κ2) is 8.46. The van der Waals surface area contributed by atoms with E-state index in [-0.39, 0.29) is 28.7 Å². The second-order valence-electron chi connectivity index (χ2n) is 6.37. The van der Waals surface area contributed by atoms with Crippen molar-refractivity contribution in [1.82, 2.24) is 24.0 Å². The number of aromatic nitrogens is 4. The van der Waals surface area contributed by atoms with E-state index in [1.807, 2.05) is 38.1 Å². The highest BCUT2D eigenvalue weighted by Gasteiger charge is 2.25.